The smallest absolute Gasteiger partial charge is 0.220 e. The number of Topliss-reactive ketones (excluding diaryl/α,β-unsaturated/α-hetero) is 1. The van der Waals surface area contributed by atoms with E-state index < -0.39 is 6.04 Å². The highest BCUT2D eigenvalue weighted by Crippen LogP contribution is 2.28. The predicted molar refractivity (Wildman–Crippen MR) is 141 cm³/mol. The zero-order chi connectivity index (χ0) is 25.0. The summed E-state index contributed by atoms with van der Waals surface area (Å²) in [5.41, 5.74) is 1.90. The largest absolute Gasteiger partial charge is 0.457 e. The van der Waals surface area contributed by atoms with E-state index in [9.17, 15) is 9.59 Å². The molecule has 1 fully saturated rings. The number of ether oxygens (including phenoxy) is 2. The summed E-state index contributed by atoms with van der Waals surface area (Å²) < 4.78 is 11.7. The van der Waals surface area contributed by atoms with Gasteiger partial charge < -0.3 is 14.8 Å². The number of benzene rings is 3. The molecule has 3 aromatic rings. The van der Waals surface area contributed by atoms with Crippen molar-refractivity contribution in [3.63, 3.8) is 0 Å². The highest BCUT2D eigenvalue weighted by Gasteiger charge is 2.23. The summed E-state index contributed by atoms with van der Waals surface area (Å²) in [6.45, 7) is 0.548. The summed E-state index contributed by atoms with van der Waals surface area (Å²) in [6.07, 6.45) is 6.50. The lowest BCUT2D eigenvalue weighted by Gasteiger charge is -2.19. The average molecular weight is 486 g/mol. The number of carbonyl (C=O) groups is 2. The quantitative estimate of drug-likeness (QED) is 0.310. The maximum atomic E-state index is 13.2. The van der Waals surface area contributed by atoms with Gasteiger partial charge in [-0.25, -0.2) is 0 Å². The van der Waals surface area contributed by atoms with Crippen LogP contribution in [0.1, 0.15) is 49.7 Å². The molecule has 0 heterocycles. The van der Waals surface area contributed by atoms with Crippen molar-refractivity contribution < 1.29 is 19.1 Å². The van der Waals surface area contributed by atoms with Crippen LogP contribution >= 0.6 is 0 Å². The minimum Gasteiger partial charge on any atom is -0.457 e. The molecule has 1 amide bonds. The Labute approximate surface area is 213 Å². The Morgan fingerprint density at radius 1 is 0.806 bits per heavy atom. The summed E-state index contributed by atoms with van der Waals surface area (Å²) in [5.74, 6) is 1.97. The maximum absolute atomic E-state index is 13.2. The van der Waals surface area contributed by atoms with Gasteiger partial charge in [0.25, 0.3) is 0 Å². The topological polar surface area (TPSA) is 64.6 Å². The lowest BCUT2D eigenvalue weighted by atomic mass is 10.0. The normalized spacial score (nSPS) is 14.3. The van der Waals surface area contributed by atoms with Gasteiger partial charge in [0.1, 0.15) is 17.5 Å². The van der Waals surface area contributed by atoms with Gasteiger partial charge in [-0.3, -0.25) is 9.59 Å². The first-order valence-electron chi connectivity index (χ1n) is 12.9. The predicted octanol–water partition coefficient (Wildman–Crippen LogP) is 6.26. The monoisotopic (exact) mass is 485 g/mol. The number of ketones is 1. The Hall–Kier alpha value is -3.44. The minimum atomic E-state index is -0.676. The third-order valence-corrected chi connectivity index (χ3v) is 6.65. The molecule has 3 aromatic carbocycles. The van der Waals surface area contributed by atoms with Crippen LogP contribution in [-0.2, 0) is 27.4 Å². The molecular weight excluding hydrogens is 450 g/mol. The maximum Gasteiger partial charge on any atom is 0.220 e. The van der Waals surface area contributed by atoms with Gasteiger partial charge in [0.2, 0.25) is 5.91 Å². The van der Waals surface area contributed by atoms with Gasteiger partial charge >= 0.3 is 0 Å². The Morgan fingerprint density at radius 3 is 2.14 bits per heavy atom. The van der Waals surface area contributed by atoms with Crippen LogP contribution in [-0.4, -0.2) is 24.3 Å². The lowest BCUT2D eigenvalue weighted by Crippen LogP contribution is -2.44. The van der Waals surface area contributed by atoms with E-state index in [0.29, 0.717) is 24.7 Å². The van der Waals surface area contributed by atoms with Gasteiger partial charge in [-0.1, -0.05) is 86.3 Å². The number of hydrogen-bond acceptors (Lipinski definition) is 4. The second-order valence-electron chi connectivity index (χ2n) is 9.51. The summed E-state index contributed by atoms with van der Waals surface area (Å²) in [5, 5.41) is 2.95. The molecule has 1 atom stereocenters. The van der Waals surface area contributed by atoms with E-state index in [2.05, 4.69) is 5.32 Å². The Bertz CT molecular complexity index is 1080. The molecule has 36 heavy (non-hydrogen) atoms. The van der Waals surface area contributed by atoms with E-state index in [-0.39, 0.29) is 24.7 Å². The fraction of sp³-hybridized carbons (Fsp3) is 0.355. The van der Waals surface area contributed by atoms with Crippen molar-refractivity contribution in [3.8, 4) is 11.5 Å². The average Bonchev–Trinajstić information content (AvgIpc) is 3.43. The van der Waals surface area contributed by atoms with E-state index in [1.807, 2.05) is 84.9 Å². The first-order chi connectivity index (χ1) is 17.7. The molecule has 5 nitrogen and oxygen atoms in total. The highest BCUT2D eigenvalue weighted by molar-refractivity contribution is 5.90. The van der Waals surface area contributed by atoms with Gasteiger partial charge in [-0.05, 0) is 47.7 Å². The molecule has 0 saturated heterocycles. The van der Waals surface area contributed by atoms with Crippen LogP contribution in [0.25, 0.3) is 0 Å². The zero-order valence-corrected chi connectivity index (χ0v) is 20.7. The fourth-order valence-electron chi connectivity index (χ4n) is 4.61. The van der Waals surface area contributed by atoms with Crippen LogP contribution in [0, 0.1) is 5.92 Å². The van der Waals surface area contributed by atoms with Gasteiger partial charge in [0, 0.05) is 12.8 Å². The molecule has 1 aliphatic rings. The van der Waals surface area contributed by atoms with Crippen molar-refractivity contribution in [1.82, 2.24) is 5.32 Å². The first kappa shape index (κ1) is 25.6. The molecule has 0 bridgehead atoms. The molecule has 4 rings (SSSR count). The minimum absolute atomic E-state index is 0.0611. The Morgan fingerprint density at radius 2 is 1.44 bits per heavy atom. The molecule has 5 heteroatoms. The molecule has 1 unspecified atom stereocenters. The van der Waals surface area contributed by atoms with E-state index in [1.165, 1.54) is 25.7 Å². The van der Waals surface area contributed by atoms with E-state index in [4.69, 9.17) is 9.47 Å². The van der Waals surface area contributed by atoms with Crippen molar-refractivity contribution in [3.05, 3.63) is 96.1 Å². The van der Waals surface area contributed by atoms with Crippen LogP contribution in [0.15, 0.2) is 84.9 Å². The summed E-state index contributed by atoms with van der Waals surface area (Å²) >= 11 is 0. The number of carbonyl (C=O) groups excluding carboxylic acids is 2. The number of rotatable bonds is 13. The van der Waals surface area contributed by atoms with Gasteiger partial charge in [-0.2, -0.15) is 0 Å². The third kappa shape index (κ3) is 8.35. The second-order valence-corrected chi connectivity index (χ2v) is 9.51. The van der Waals surface area contributed by atoms with Crippen molar-refractivity contribution in [2.24, 2.45) is 5.92 Å². The first-order valence-corrected chi connectivity index (χ1v) is 12.9. The Balaban J connectivity index is 1.33. The molecule has 0 radical (unpaired) electrons. The molecule has 0 aliphatic heterocycles. The number of nitrogens with one attached hydrogen (secondary N) is 1. The van der Waals surface area contributed by atoms with Crippen molar-refractivity contribution >= 4 is 11.7 Å². The van der Waals surface area contributed by atoms with Crippen LogP contribution in [0.3, 0.4) is 0 Å². The standard InChI is InChI=1S/C31H35NO4/c33-30(21-25-15-18-28(19-16-25)36-27-13-5-2-6-14-27)29(23-35-22-26-11-3-1-4-12-26)32-31(34)20-17-24-9-7-8-10-24/h1-6,11-16,18-19,24,29H,7-10,17,20-23H2,(H,32,34). The van der Waals surface area contributed by atoms with E-state index in [1.54, 1.807) is 0 Å². The zero-order valence-electron chi connectivity index (χ0n) is 20.7. The third-order valence-electron chi connectivity index (χ3n) is 6.65. The molecule has 0 aromatic heterocycles. The van der Waals surface area contributed by atoms with Crippen LogP contribution < -0.4 is 10.1 Å². The molecule has 1 N–H and O–H groups in total. The van der Waals surface area contributed by atoms with Crippen molar-refractivity contribution in [2.45, 2.75) is 57.6 Å². The lowest BCUT2D eigenvalue weighted by molar-refractivity contribution is -0.129. The molecular formula is C31H35NO4. The fourth-order valence-corrected chi connectivity index (χ4v) is 4.61. The summed E-state index contributed by atoms with van der Waals surface area (Å²) in [7, 11) is 0. The van der Waals surface area contributed by atoms with E-state index >= 15 is 0 Å². The second kappa shape index (κ2) is 13.6. The van der Waals surface area contributed by atoms with Crippen LogP contribution in [0.5, 0.6) is 11.5 Å². The summed E-state index contributed by atoms with van der Waals surface area (Å²) in [6, 6.07) is 26.2. The van der Waals surface area contributed by atoms with Crippen LogP contribution in [0.4, 0.5) is 0 Å². The molecule has 1 aliphatic carbocycles. The molecule has 188 valence electrons. The Kier molecular flexibility index (Phi) is 9.69. The highest BCUT2D eigenvalue weighted by atomic mass is 16.5. The van der Waals surface area contributed by atoms with Crippen molar-refractivity contribution in [2.75, 3.05) is 6.61 Å². The summed E-state index contributed by atoms with van der Waals surface area (Å²) in [4.78, 5) is 25.9. The van der Waals surface area contributed by atoms with Gasteiger partial charge in [0.05, 0.1) is 13.2 Å². The number of para-hydroxylation sites is 1. The molecule has 1 saturated carbocycles. The van der Waals surface area contributed by atoms with E-state index in [0.717, 1.165) is 23.3 Å². The number of amides is 1. The number of hydrogen-bond donors (Lipinski definition) is 1. The molecule has 0 spiro atoms. The van der Waals surface area contributed by atoms with Gasteiger partial charge in [-0.15, -0.1) is 0 Å². The van der Waals surface area contributed by atoms with Crippen molar-refractivity contribution in [1.29, 1.82) is 0 Å². The van der Waals surface area contributed by atoms with Crippen LogP contribution in [0.2, 0.25) is 0 Å². The SMILES string of the molecule is O=C(CCC1CCCC1)NC(COCc1ccccc1)C(=O)Cc1ccc(Oc2ccccc2)cc1. The van der Waals surface area contributed by atoms with Gasteiger partial charge in [0.15, 0.2) is 5.78 Å².